The van der Waals surface area contributed by atoms with E-state index in [4.69, 9.17) is 42.6 Å². The molecule has 1 fully saturated rings. The van der Waals surface area contributed by atoms with Crippen molar-refractivity contribution in [2.45, 2.75) is 71.2 Å². The zero-order valence-electron chi connectivity index (χ0n) is 26.3. The smallest absolute Gasteiger partial charge is 0.303 e. The molecule has 1 saturated heterocycles. The summed E-state index contributed by atoms with van der Waals surface area (Å²) in [5, 5.41) is 0. The molecular weight excluding hydrogens is 592 g/mol. The van der Waals surface area contributed by atoms with Crippen LogP contribution in [0.25, 0.3) is 0 Å². The average molecular weight is 633 g/mol. The Labute approximate surface area is 261 Å². The SMILES string of the molecule is COCOCCc1ccc(Cc2ccc(OC)cc2O[C@@H]2O[C@H](COC(C)=O)[C@@H](OC(C)=O)[C@H](OC(C)=O)[C@H]2OC(C)=O)cc1. The predicted octanol–water partition coefficient (Wildman–Crippen LogP) is 2.91. The molecule has 1 heterocycles. The van der Waals surface area contributed by atoms with Crippen LogP contribution in [0.2, 0.25) is 0 Å². The second-order valence-electron chi connectivity index (χ2n) is 10.2. The maximum atomic E-state index is 12.2. The van der Waals surface area contributed by atoms with E-state index >= 15 is 0 Å². The summed E-state index contributed by atoms with van der Waals surface area (Å²) in [4.78, 5) is 48.1. The molecule has 1 aliphatic heterocycles. The van der Waals surface area contributed by atoms with E-state index in [1.807, 2.05) is 30.3 Å². The van der Waals surface area contributed by atoms with Crippen molar-refractivity contribution < 1.29 is 61.8 Å². The van der Waals surface area contributed by atoms with Crippen molar-refractivity contribution in [1.29, 1.82) is 0 Å². The number of benzene rings is 2. The highest BCUT2D eigenvalue weighted by Crippen LogP contribution is 2.34. The summed E-state index contributed by atoms with van der Waals surface area (Å²) in [5.41, 5.74) is 2.81. The summed E-state index contributed by atoms with van der Waals surface area (Å²) in [6, 6.07) is 13.2. The van der Waals surface area contributed by atoms with Crippen molar-refractivity contribution in [2.75, 3.05) is 34.2 Å². The van der Waals surface area contributed by atoms with E-state index in [0.29, 0.717) is 24.5 Å². The minimum absolute atomic E-state index is 0.234. The normalized spacial score (nSPS) is 20.9. The summed E-state index contributed by atoms with van der Waals surface area (Å²) >= 11 is 0. The van der Waals surface area contributed by atoms with Crippen LogP contribution in [-0.4, -0.2) is 88.8 Å². The topological polar surface area (TPSA) is 151 Å². The number of hydrogen-bond donors (Lipinski definition) is 0. The minimum atomic E-state index is -1.38. The van der Waals surface area contributed by atoms with Crippen molar-refractivity contribution in [1.82, 2.24) is 0 Å². The van der Waals surface area contributed by atoms with Gasteiger partial charge in [-0.05, 0) is 29.2 Å². The molecule has 0 bridgehead atoms. The predicted molar refractivity (Wildman–Crippen MR) is 156 cm³/mol. The van der Waals surface area contributed by atoms with E-state index in [1.54, 1.807) is 19.2 Å². The molecule has 0 unspecified atom stereocenters. The van der Waals surface area contributed by atoms with E-state index < -0.39 is 54.6 Å². The molecule has 2 aromatic rings. The lowest BCUT2D eigenvalue weighted by atomic mass is 9.97. The Hall–Kier alpha value is -4.20. The van der Waals surface area contributed by atoms with Gasteiger partial charge in [-0.3, -0.25) is 19.2 Å². The van der Waals surface area contributed by atoms with Crippen molar-refractivity contribution in [3.8, 4) is 11.5 Å². The first kappa shape index (κ1) is 35.3. The van der Waals surface area contributed by atoms with Gasteiger partial charge in [0.1, 0.15) is 31.0 Å². The number of carbonyl (C=O) groups excluding carboxylic acids is 4. The van der Waals surface area contributed by atoms with Gasteiger partial charge in [0.15, 0.2) is 12.2 Å². The second-order valence-corrected chi connectivity index (χ2v) is 10.2. The van der Waals surface area contributed by atoms with Crippen LogP contribution in [-0.2, 0) is 65.2 Å². The first-order chi connectivity index (χ1) is 21.5. The van der Waals surface area contributed by atoms with Crippen LogP contribution in [0.15, 0.2) is 42.5 Å². The van der Waals surface area contributed by atoms with E-state index in [1.165, 1.54) is 14.0 Å². The molecule has 0 amide bonds. The Bertz CT molecular complexity index is 1290. The molecule has 5 atom stereocenters. The van der Waals surface area contributed by atoms with Crippen LogP contribution >= 0.6 is 0 Å². The van der Waals surface area contributed by atoms with Gasteiger partial charge >= 0.3 is 23.9 Å². The summed E-state index contributed by atoms with van der Waals surface area (Å²) in [6.45, 7) is 5.07. The number of esters is 4. The molecule has 0 aromatic heterocycles. The van der Waals surface area contributed by atoms with Crippen LogP contribution in [0.5, 0.6) is 11.5 Å². The second kappa shape index (κ2) is 17.3. The van der Waals surface area contributed by atoms with Gasteiger partial charge in [-0.25, -0.2) is 0 Å². The molecule has 45 heavy (non-hydrogen) atoms. The Balaban J connectivity index is 1.95. The van der Waals surface area contributed by atoms with E-state index in [-0.39, 0.29) is 13.4 Å². The molecule has 13 heteroatoms. The monoisotopic (exact) mass is 632 g/mol. The molecule has 0 radical (unpaired) electrons. The average Bonchev–Trinajstić information content (AvgIpc) is 2.98. The fraction of sp³-hybridized carbons (Fsp3) is 0.500. The lowest BCUT2D eigenvalue weighted by Gasteiger charge is -2.44. The third-order valence-electron chi connectivity index (χ3n) is 6.62. The van der Waals surface area contributed by atoms with Gasteiger partial charge in [-0.2, -0.15) is 0 Å². The number of methoxy groups -OCH3 is 2. The molecule has 0 aliphatic carbocycles. The Morgan fingerprint density at radius 2 is 1.38 bits per heavy atom. The molecule has 0 spiro atoms. The van der Waals surface area contributed by atoms with Gasteiger partial charge < -0.3 is 42.6 Å². The fourth-order valence-corrected chi connectivity index (χ4v) is 4.70. The van der Waals surface area contributed by atoms with Gasteiger partial charge in [0, 0.05) is 47.3 Å². The maximum Gasteiger partial charge on any atom is 0.303 e. The quantitative estimate of drug-likeness (QED) is 0.123. The molecule has 0 saturated carbocycles. The van der Waals surface area contributed by atoms with Gasteiger partial charge in [0.05, 0.1) is 13.7 Å². The van der Waals surface area contributed by atoms with Gasteiger partial charge in [0.2, 0.25) is 12.4 Å². The third-order valence-corrected chi connectivity index (χ3v) is 6.62. The van der Waals surface area contributed by atoms with E-state index in [0.717, 1.165) is 43.9 Å². The zero-order valence-corrected chi connectivity index (χ0v) is 26.3. The minimum Gasteiger partial charge on any atom is -0.497 e. The van der Waals surface area contributed by atoms with Gasteiger partial charge in [0.25, 0.3) is 0 Å². The Morgan fingerprint density at radius 1 is 0.756 bits per heavy atom. The molecule has 246 valence electrons. The largest absolute Gasteiger partial charge is 0.497 e. The third kappa shape index (κ3) is 11.0. The molecular formula is C32H40O13. The maximum absolute atomic E-state index is 12.2. The zero-order chi connectivity index (χ0) is 32.9. The van der Waals surface area contributed by atoms with Gasteiger partial charge in [-0.15, -0.1) is 0 Å². The highest BCUT2D eigenvalue weighted by molar-refractivity contribution is 5.68. The van der Waals surface area contributed by atoms with Crippen LogP contribution in [0.3, 0.4) is 0 Å². The van der Waals surface area contributed by atoms with Crippen LogP contribution in [0.1, 0.15) is 44.4 Å². The number of rotatable bonds is 15. The summed E-state index contributed by atoms with van der Waals surface area (Å²) < 4.78 is 49.8. The highest BCUT2D eigenvalue weighted by Gasteiger charge is 2.53. The van der Waals surface area contributed by atoms with Crippen LogP contribution < -0.4 is 9.47 Å². The first-order valence-corrected chi connectivity index (χ1v) is 14.3. The molecule has 2 aromatic carbocycles. The van der Waals surface area contributed by atoms with Crippen molar-refractivity contribution in [3.05, 3.63) is 59.2 Å². The molecule has 13 nitrogen and oxygen atoms in total. The fourth-order valence-electron chi connectivity index (χ4n) is 4.70. The summed E-state index contributed by atoms with van der Waals surface area (Å²) in [7, 11) is 3.07. The van der Waals surface area contributed by atoms with Crippen molar-refractivity contribution >= 4 is 23.9 Å². The van der Waals surface area contributed by atoms with Crippen LogP contribution in [0.4, 0.5) is 0 Å². The molecule has 3 rings (SSSR count). The van der Waals surface area contributed by atoms with Crippen molar-refractivity contribution in [2.24, 2.45) is 0 Å². The summed E-state index contributed by atoms with van der Waals surface area (Å²) in [5.74, 6) is -2.01. The molecule has 0 N–H and O–H groups in total. The lowest BCUT2D eigenvalue weighted by Crippen LogP contribution is -2.63. The summed E-state index contributed by atoms with van der Waals surface area (Å²) in [6.07, 6.45) is -5.38. The van der Waals surface area contributed by atoms with E-state index in [2.05, 4.69) is 0 Å². The highest BCUT2D eigenvalue weighted by atomic mass is 16.7. The lowest BCUT2D eigenvalue weighted by molar-refractivity contribution is -0.288. The van der Waals surface area contributed by atoms with E-state index in [9.17, 15) is 19.2 Å². The standard InChI is InChI=1S/C32H40O13/c1-19(33)40-17-28-29(41-20(2)34)30(42-21(3)35)31(43-22(4)36)32(45-28)44-27-16-26(38-6)12-11-25(27)15-24-9-7-23(8-10-24)13-14-39-18-37-5/h7-12,16,28-32H,13-15,17-18H2,1-6H3/t28-,29-,30+,31-,32-/m1/s1. The molecule has 1 aliphatic rings. The number of ether oxygens (including phenoxy) is 9. The Kier molecular flexibility index (Phi) is 13.6. The first-order valence-electron chi connectivity index (χ1n) is 14.3. The van der Waals surface area contributed by atoms with Gasteiger partial charge in [-0.1, -0.05) is 30.3 Å². The van der Waals surface area contributed by atoms with Crippen LogP contribution in [0, 0.1) is 0 Å². The number of hydrogen-bond acceptors (Lipinski definition) is 13. The Morgan fingerprint density at radius 3 is 1.98 bits per heavy atom. The van der Waals surface area contributed by atoms with Crippen molar-refractivity contribution in [3.63, 3.8) is 0 Å². The number of carbonyl (C=O) groups is 4.